The second kappa shape index (κ2) is 6.20. The molecule has 0 spiro atoms. The zero-order valence-electron chi connectivity index (χ0n) is 12.6. The quantitative estimate of drug-likeness (QED) is 0.616. The van der Waals surface area contributed by atoms with Crippen molar-refractivity contribution in [3.05, 3.63) is 35.4 Å². The summed E-state index contributed by atoms with van der Waals surface area (Å²) in [7, 11) is 0. The molecule has 1 saturated heterocycles. The fraction of sp³-hybridized carbons (Fsp3) is 0.471. The van der Waals surface area contributed by atoms with Gasteiger partial charge in [-0.25, -0.2) is 0 Å². The molecule has 2 unspecified atom stereocenters. The molecule has 2 rings (SSSR count). The Kier molecular flexibility index (Phi) is 4.56. The smallest absolute Gasteiger partial charge is 0.325 e. The van der Waals surface area contributed by atoms with Crippen LogP contribution in [0.4, 0.5) is 0 Å². The van der Waals surface area contributed by atoms with Gasteiger partial charge in [-0.15, -0.1) is 0 Å². The van der Waals surface area contributed by atoms with Crippen molar-refractivity contribution in [3.63, 3.8) is 0 Å². The second-order valence-corrected chi connectivity index (χ2v) is 5.96. The zero-order valence-corrected chi connectivity index (χ0v) is 12.6. The van der Waals surface area contributed by atoms with Gasteiger partial charge in [0.2, 0.25) is 0 Å². The van der Waals surface area contributed by atoms with Crippen LogP contribution in [0.25, 0.3) is 0 Å². The lowest BCUT2D eigenvalue weighted by molar-refractivity contribution is -0.147. The Morgan fingerprint density at radius 1 is 1.24 bits per heavy atom. The lowest BCUT2D eigenvalue weighted by atomic mass is 9.90. The number of benzene rings is 1. The number of ether oxygens (including phenoxy) is 1. The lowest BCUT2D eigenvalue weighted by Crippen LogP contribution is -2.29. The number of Topliss-reactive ketones (excluding diaryl/α,β-unsaturated/α-hetero) is 2. The largest absolute Gasteiger partial charge is 0.453 e. The first-order valence-corrected chi connectivity index (χ1v) is 7.21. The summed E-state index contributed by atoms with van der Waals surface area (Å²) < 4.78 is 5.08. The molecular formula is C17H20O4. The molecule has 1 fully saturated rings. The summed E-state index contributed by atoms with van der Waals surface area (Å²) in [5.41, 5.74) is 1.82. The van der Waals surface area contributed by atoms with E-state index < -0.39 is 18.0 Å². The number of carbonyl (C=O) groups is 3. The molecule has 0 saturated carbocycles. The van der Waals surface area contributed by atoms with Gasteiger partial charge in [0.25, 0.3) is 0 Å². The first-order chi connectivity index (χ1) is 9.90. The third kappa shape index (κ3) is 3.38. The van der Waals surface area contributed by atoms with Crippen LogP contribution in [0.1, 0.15) is 31.4 Å². The fourth-order valence-electron chi connectivity index (χ4n) is 2.55. The highest BCUT2D eigenvalue weighted by Crippen LogP contribution is 2.25. The topological polar surface area (TPSA) is 60.4 Å². The van der Waals surface area contributed by atoms with Crippen LogP contribution >= 0.6 is 0 Å². The normalized spacial score (nSPS) is 21.7. The van der Waals surface area contributed by atoms with Crippen molar-refractivity contribution in [3.8, 4) is 0 Å². The highest BCUT2D eigenvalue weighted by atomic mass is 16.6. The van der Waals surface area contributed by atoms with E-state index in [1.165, 1.54) is 0 Å². The molecular weight excluding hydrogens is 268 g/mol. The van der Waals surface area contributed by atoms with Gasteiger partial charge in [0, 0.05) is 6.42 Å². The molecule has 112 valence electrons. The van der Waals surface area contributed by atoms with Crippen LogP contribution in [0.3, 0.4) is 0 Å². The average Bonchev–Trinajstić information content (AvgIpc) is 2.66. The first-order valence-electron chi connectivity index (χ1n) is 7.21. The Labute approximate surface area is 124 Å². The minimum absolute atomic E-state index is 0.0899. The maximum atomic E-state index is 12.3. The minimum Gasteiger partial charge on any atom is -0.453 e. The van der Waals surface area contributed by atoms with Crippen LogP contribution in [0.5, 0.6) is 0 Å². The van der Waals surface area contributed by atoms with Gasteiger partial charge in [0.15, 0.2) is 23.6 Å². The minimum atomic E-state index is -1.24. The summed E-state index contributed by atoms with van der Waals surface area (Å²) in [6.07, 6.45) is -0.200. The predicted octanol–water partition coefficient (Wildman–Crippen LogP) is 2.26. The van der Waals surface area contributed by atoms with Crippen LogP contribution in [0.2, 0.25) is 0 Å². The molecule has 0 aromatic heterocycles. The number of cyclic esters (lactones) is 1. The summed E-state index contributed by atoms with van der Waals surface area (Å²) in [5, 5.41) is 0. The van der Waals surface area contributed by atoms with E-state index >= 15 is 0 Å². The standard InChI is InChI=1S/C17H20O4/c1-10(2)8-14-16(19)15(17(20)21-14)13(18)9-12-7-5-4-6-11(12)3/h4-7,10,14-15H,8-9H2,1-3H3. The highest BCUT2D eigenvalue weighted by Gasteiger charge is 2.47. The summed E-state index contributed by atoms with van der Waals surface area (Å²) in [6, 6.07) is 7.46. The van der Waals surface area contributed by atoms with Gasteiger partial charge in [-0.2, -0.15) is 0 Å². The van der Waals surface area contributed by atoms with Crippen LogP contribution in [0.15, 0.2) is 24.3 Å². The monoisotopic (exact) mass is 288 g/mol. The van der Waals surface area contributed by atoms with Gasteiger partial charge in [-0.1, -0.05) is 38.1 Å². The number of carbonyl (C=O) groups excluding carboxylic acids is 3. The van der Waals surface area contributed by atoms with Crippen molar-refractivity contribution in [2.24, 2.45) is 11.8 Å². The maximum absolute atomic E-state index is 12.3. The average molecular weight is 288 g/mol. The molecule has 1 aromatic rings. The molecule has 1 aliphatic heterocycles. The third-order valence-corrected chi connectivity index (χ3v) is 3.73. The Morgan fingerprint density at radius 2 is 1.90 bits per heavy atom. The van der Waals surface area contributed by atoms with Crippen molar-refractivity contribution >= 4 is 17.5 Å². The SMILES string of the molecule is Cc1ccccc1CC(=O)C1C(=O)OC(CC(C)C)C1=O. The molecule has 2 atom stereocenters. The van der Waals surface area contributed by atoms with Crippen molar-refractivity contribution in [2.75, 3.05) is 0 Å². The van der Waals surface area contributed by atoms with Crippen molar-refractivity contribution in [1.82, 2.24) is 0 Å². The summed E-state index contributed by atoms with van der Waals surface area (Å²) in [6.45, 7) is 5.80. The maximum Gasteiger partial charge on any atom is 0.325 e. The van der Waals surface area contributed by atoms with E-state index in [0.717, 1.165) is 11.1 Å². The number of rotatable bonds is 5. The van der Waals surface area contributed by atoms with E-state index in [4.69, 9.17) is 4.74 Å². The van der Waals surface area contributed by atoms with Crippen molar-refractivity contribution in [2.45, 2.75) is 39.7 Å². The molecule has 1 heterocycles. The van der Waals surface area contributed by atoms with E-state index in [-0.39, 0.29) is 23.9 Å². The number of aryl methyl sites for hydroxylation is 1. The summed E-state index contributed by atoms with van der Waals surface area (Å²) in [5.74, 6) is -2.45. The van der Waals surface area contributed by atoms with Crippen LogP contribution < -0.4 is 0 Å². The number of esters is 1. The van der Waals surface area contributed by atoms with E-state index in [1.54, 1.807) is 0 Å². The molecule has 0 radical (unpaired) electrons. The van der Waals surface area contributed by atoms with E-state index in [1.807, 2.05) is 45.0 Å². The van der Waals surface area contributed by atoms with E-state index in [2.05, 4.69) is 0 Å². The molecule has 4 nitrogen and oxygen atoms in total. The van der Waals surface area contributed by atoms with Crippen molar-refractivity contribution < 1.29 is 19.1 Å². The molecule has 1 aliphatic rings. The number of ketones is 2. The molecule has 0 aliphatic carbocycles. The van der Waals surface area contributed by atoms with Gasteiger partial charge in [0.05, 0.1) is 0 Å². The molecule has 0 N–H and O–H groups in total. The van der Waals surface area contributed by atoms with Gasteiger partial charge >= 0.3 is 5.97 Å². The summed E-state index contributed by atoms with van der Waals surface area (Å²) >= 11 is 0. The summed E-state index contributed by atoms with van der Waals surface area (Å²) in [4.78, 5) is 36.3. The van der Waals surface area contributed by atoms with Gasteiger partial charge in [-0.05, 0) is 30.4 Å². The van der Waals surface area contributed by atoms with E-state index in [9.17, 15) is 14.4 Å². The number of hydrogen-bond donors (Lipinski definition) is 0. The Hall–Kier alpha value is -1.97. The molecule has 4 heteroatoms. The number of hydrogen-bond acceptors (Lipinski definition) is 4. The van der Waals surface area contributed by atoms with Crippen molar-refractivity contribution in [1.29, 1.82) is 0 Å². The molecule has 21 heavy (non-hydrogen) atoms. The van der Waals surface area contributed by atoms with Crippen LogP contribution in [-0.2, 0) is 25.5 Å². The highest BCUT2D eigenvalue weighted by molar-refractivity contribution is 6.22. The Balaban J connectivity index is 2.11. The van der Waals surface area contributed by atoms with E-state index in [0.29, 0.717) is 6.42 Å². The second-order valence-electron chi connectivity index (χ2n) is 5.96. The molecule has 0 bridgehead atoms. The third-order valence-electron chi connectivity index (χ3n) is 3.73. The van der Waals surface area contributed by atoms with Gasteiger partial charge in [-0.3, -0.25) is 14.4 Å². The first kappa shape index (κ1) is 15.4. The fourth-order valence-corrected chi connectivity index (χ4v) is 2.55. The Bertz CT molecular complexity index is 574. The van der Waals surface area contributed by atoms with Gasteiger partial charge in [0.1, 0.15) is 0 Å². The predicted molar refractivity (Wildman–Crippen MR) is 77.7 cm³/mol. The Morgan fingerprint density at radius 3 is 2.52 bits per heavy atom. The van der Waals surface area contributed by atoms with Gasteiger partial charge < -0.3 is 4.74 Å². The zero-order chi connectivity index (χ0) is 15.6. The van der Waals surface area contributed by atoms with Crippen LogP contribution in [0, 0.1) is 18.8 Å². The lowest BCUT2D eigenvalue weighted by Gasteiger charge is -2.10. The van der Waals surface area contributed by atoms with Crippen LogP contribution in [-0.4, -0.2) is 23.6 Å². The molecule has 1 aromatic carbocycles. The molecule has 0 amide bonds.